The summed E-state index contributed by atoms with van der Waals surface area (Å²) in [5.74, 6) is -0.160. The number of rotatable bonds is 6. The van der Waals surface area contributed by atoms with Crippen LogP contribution in [0.1, 0.15) is 25.8 Å². The first-order valence-electron chi connectivity index (χ1n) is 11.2. The normalized spacial score (nSPS) is 14.2. The van der Waals surface area contributed by atoms with E-state index in [1.807, 2.05) is 13.8 Å². The fourth-order valence-corrected chi connectivity index (χ4v) is 4.96. The third-order valence-electron chi connectivity index (χ3n) is 5.61. The van der Waals surface area contributed by atoms with Gasteiger partial charge in [0.25, 0.3) is 15.6 Å². The van der Waals surface area contributed by atoms with Gasteiger partial charge in [0.2, 0.25) is 0 Å². The molecule has 0 amide bonds. The molecule has 4 aromatic rings. The summed E-state index contributed by atoms with van der Waals surface area (Å²) >= 11 is 0. The van der Waals surface area contributed by atoms with E-state index in [1.54, 1.807) is 18.2 Å². The van der Waals surface area contributed by atoms with Crippen LogP contribution in [0.25, 0.3) is 11.0 Å². The summed E-state index contributed by atoms with van der Waals surface area (Å²) in [6.45, 7) is 4.40. The Balaban J connectivity index is 1.60. The molecule has 12 heteroatoms. The highest BCUT2D eigenvalue weighted by molar-refractivity contribution is 7.90. The van der Waals surface area contributed by atoms with Gasteiger partial charge in [-0.1, -0.05) is 13.8 Å². The van der Waals surface area contributed by atoms with E-state index in [1.165, 1.54) is 41.4 Å². The fourth-order valence-electron chi connectivity index (χ4n) is 3.83. The van der Waals surface area contributed by atoms with Crippen LogP contribution in [0.4, 0.5) is 5.69 Å². The summed E-state index contributed by atoms with van der Waals surface area (Å²) in [6, 6.07) is 9.23. The third-order valence-corrected chi connectivity index (χ3v) is 6.92. The molecule has 0 aliphatic carbocycles. The molecule has 0 atom stereocenters. The molecule has 1 aromatic carbocycles. The van der Waals surface area contributed by atoms with E-state index >= 15 is 0 Å². The standard InChI is InChI=1S/C24H22N6O5S/c1-14(2)8-12-30-22-16(5-3-9-25-22)20(31)19(23(30)32)21-28-17-7-6-15(13-18(17)36(33,34)29-21)35-24-26-10-4-11-27-24/h3-7,9-11,13-14,31H,8,12H2,1-2H3,(H,28,29). The average molecular weight is 507 g/mol. The van der Waals surface area contributed by atoms with Gasteiger partial charge in [0.15, 0.2) is 5.84 Å². The number of amidine groups is 1. The first-order chi connectivity index (χ1) is 17.2. The van der Waals surface area contributed by atoms with Gasteiger partial charge in [-0.05, 0) is 42.7 Å². The predicted octanol–water partition coefficient (Wildman–Crippen LogP) is 3.29. The number of nitrogens with zero attached hydrogens (tertiary/aromatic N) is 5. The van der Waals surface area contributed by atoms with Crippen molar-refractivity contribution >= 4 is 32.6 Å². The minimum absolute atomic E-state index is 0.0550. The van der Waals surface area contributed by atoms with Gasteiger partial charge < -0.3 is 15.2 Å². The van der Waals surface area contributed by atoms with E-state index in [-0.39, 0.29) is 33.7 Å². The molecular formula is C24H22N6O5S. The summed E-state index contributed by atoms with van der Waals surface area (Å²) in [5, 5.41) is 14.2. The van der Waals surface area contributed by atoms with Crippen molar-refractivity contribution in [2.75, 3.05) is 5.32 Å². The molecule has 0 saturated carbocycles. The Kier molecular flexibility index (Phi) is 5.88. The SMILES string of the molecule is CC(C)CCn1c(=O)c(C2=NS(=O)(=O)c3cc(Oc4ncccn4)ccc3N2)c(O)c2cccnc21. The lowest BCUT2D eigenvalue weighted by Gasteiger charge is -2.21. The lowest BCUT2D eigenvalue weighted by molar-refractivity contribution is 0.440. The van der Waals surface area contributed by atoms with E-state index in [9.17, 15) is 18.3 Å². The monoisotopic (exact) mass is 506 g/mol. The van der Waals surface area contributed by atoms with Crippen molar-refractivity contribution in [1.29, 1.82) is 0 Å². The second-order valence-corrected chi connectivity index (χ2v) is 10.1. The first-order valence-corrected chi connectivity index (χ1v) is 12.6. The summed E-state index contributed by atoms with van der Waals surface area (Å²) in [7, 11) is -4.25. The summed E-state index contributed by atoms with van der Waals surface area (Å²) in [5.41, 5.74) is -0.342. The van der Waals surface area contributed by atoms with Gasteiger partial charge in [0.05, 0.1) is 11.1 Å². The molecule has 11 nitrogen and oxygen atoms in total. The third kappa shape index (κ3) is 4.26. The number of nitrogens with one attached hydrogen (secondary N) is 1. The molecule has 5 rings (SSSR count). The van der Waals surface area contributed by atoms with Gasteiger partial charge in [-0.3, -0.25) is 9.36 Å². The number of hydrogen-bond donors (Lipinski definition) is 2. The highest BCUT2D eigenvalue weighted by atomic mass is 32.2. The molecule has 4 heterocycles. The zero-order valence-corrected chi connectivity index (χ0v) is 20.2. The smallest absolute Gasteiger partial charge is 0.321 e. The van der Waals surface area contributed by atoms with E-state index in [4.69, 9.17) is 4.74 Å². The Labute approximate surface area is 206 Å². The Morgan fingerprint density at radius 3 is 2.58 bits per heavy atom. The molecule has 0 bridgehead atoms. The number of aromatic hydroxyl groups is 1. The molecule has 1 aliphatic rings. The van der Waals surface area contributed by atoms with E-state index in [0.717, 1.165) is 0 Å². The Bertz CT molecular complexity index is 1670. The van der Waals surface area contributed by atoms with Gasteiger partial charge in [0, 0.05) is 31.2 Å². The van der Waals surface area contributed by atoms with Crippen molar-refractivity contribution in [3.63, 3.8) is 0 Å². The Hall–Kier alpha value is -4.32. The van der Waals surface area contributed by atoms with Crippen molar-refractivity contribution in [2.24, 2.45) is 10.3 Å². The molecule has 1 aliphatic heterocycles. The minimum atomic E-state index is -4.25. The van der Waals surface area contributed by atoms with Crippen LogP contribution in [0.15, 0.2) is 69.1 Å². The minimum Gasteiger partial charge on any atom is -0.506 e. The number of fused-ring (bicyclic) bond motifs is 2. The van der Waals surface area contributed by atoms with Crippen LogP contribution in [0.3, 0.4) is 0 Å². The van der Waals surface area contributed by atoms with Crippen LogP contribution in [0, 0.1) is 5.92 Å². The summed E-state index contributed by atoms with van der Waals surface area (Å²) in [6.07, 6.45) is 5.21. The molecule has 0 saturated heterocycles. The summed E-state index contributed by atoms with van der Waals surface area (Å²) < 4.78 is 37.1. The van der Waals surface area contributed by atoms with Gasteiger partial charge >= 0.3 is 6.01 Å². The second kappa shape index (κ2) is 9.04. The largest absolute Gasteiger partial charge is 0.506 e. The maximum absolute atomic E-state index is 13.5. The fraction of sp³-hybridized carbons (Fsp3) is 0.208. The lowest BCUT2D eigenvalue weighted by Crippen LogP contribution is -2.33. The molecule has 2 N–H and O–H groups in total. The van der Waals surface area contributed by atoms with Gasteiger partial charge in [-0.25, -0.2) is 15.0 Å². The zero-order chi connectivity index (χ0) is 25.4. The van der Waals surface area contributed by atoms with Crippen LogP contribution in [0.2, 0.25) is 0 Å². The number of hydrogen-bond acceptors (Lipinski definition) is 9. The van der Waals surface area contributed by atoms with E-state index < -0.39 is 21.3 Å². The second-order valence-electron chi connectivity index (χ2n) is 8.57. The number of benzene rings is 1. The van der Waals surface area contributed by atoms with Crippen molar-refractivity contribution < 1.29 is 18.3 Å². The number of anilines is 1. The van der Waals surface area contributed by atoms with Crippen molar-refractivity contribution in [1.82, 2.24) is 19.5 Å². The highest BCUT2D eigenvalue weighted by Crippen LogP contribution is 2.34. The molecule has 0 unspecified atom stereocenters. The maximum atomic E-state index is 13.5. The van der Waals surface area contributed by atoms with Gasteiger partial charge in [-0.15, -0.1) is 4.40 Å². The van der Waals surface area contributed by atoms with Crippen molar-refractivity contribution in [3.8, 4) is 17.5 Å². The van der Waals surface area contributed by atoms with Crippen LogP contribution in [-0.4, -0.2) is 38.9 Å². The molecule has 0 fully saturated rings. The number of aryl methyl sites for hydroxylation is 1. The number of pyridine rings is 2. The van der Waals surface area contributed by atoms with Gasteiger partial charge in [0.1, 0.15) is 27.6 Å². The number of aromatic nitrogens is 4. The maximum Gasteiger partial charge on any atom is 0.321 e. The van der Waals surface area contributed by atoms with Crippen LogP contribution < -0.4 is 15.6 Å². The highest BCUT2D eigenvalue weighted by Gasteiger charge is 2.30. The van der Waals surface area contributed by atoms with Crippen LogP contribution in [-0.2, 0) is 16.6 Å². The lowest BCUT2D eigenvalue weighted by atomic mass is 10.1. The van der Waals surface area contributed by atoms with Gasteiger partial charge in [-0.2, -0.15) is 8.42 Å². The molecule has 184 valence electrons. The Morgan fingerprint density at radius 1 is 1.08 bits per heavy atom. The molecule has 36 heavy (non-hydrogen) atoms. The summed E-state index contributed by atoms with van der Waals surface area (Å²) in [4.78, 5) is 25.5. The topological polar surface area (TPSA) is 149 Å². The zero-order valence-electron chi connectivity index (χ0n) is 19.4. The molecular weight excluding hydrogens is 484 g/mol. The molecule has 0 spiro atoms. The predicted molar refractivity (Wildman–Crippen MR) is 133 cm³/mol. The first kappa shape index (κ1) is 23.4. The van der Waals surface area contributed by atoms with E-state index in [2.05, 4.69) is 24.7 Å². The molecule has 0 radical (unpaired) electrons. The van der Waals surface area contributed by atoms with Crippen molar-refractivity contribution in [3.05, 3.63) is 70.9 Å². The van der Waals surface area contributed by atoms with E-state index in [0.29, 0.717) is 29.9 Å². The van der Waals surface area contributed by atoms with Crippen molar-refractivity contribution in [2.45, 2.75) is 31.7 Å². The number of sulfonamides is 1. The average Bonchev–Trinajstić information content (AvgIpc) is 2.84. The molecule has 3 aromatic heterocycles. The Morgan fingerprint density at radius 2 is 1.83 bits per heavy atom. The quantitative estimate of drug-likeness (QED) is 0.402. The number of ether oxygens (including phenoxy) is 1. The van der Waals surface area contributed by atoms with Crippen LogP contribution >= 0.6 is 0 Å². The van der Waals surface area contributed by atoms with Crippen LogP contribution in [0.5, 0.6) is 17.5 Å².